The van der Waals surface area contributed by atoms with Crippen LogP contribution in [0.5, 0.6) is 0 Å². The van der Waals surface area contributed by atoms with E-state index in [1.54, 1.807) is 18.8 Å². The first-order valence-corrected chi connectivity index (χ1v) is 7.89. The third kappa shape index (κ3) is 15.0. The lowest BCUT2D eigenvalue weighted by Crippen LogP contribution is -2.33. The first kappa shape index (κ1) is 20.6. The molecular weight excluding hydrogens is 278 g/mol. The quantitative estimate of drug-likeness (QED) is 0.401. The van der Waals surface area contributed by atoms with E-state index in [9.17, 15) is 0 Å². The Morgan fingerprint density at radius 1 is 0.591 bits per heavy atom. The Labute approximate surface area is 136 Å². The summed E-state index contributed by atoms with van der Waals surface area (Å²) in [5, 5.41) is 0. The van der Waals surface area contributed by atoms with Crippen molar-refractivity contribution in [1.29, 1.82) is 0 Å². The molecule has 0 aromatic rings. The predicted molar refractivity (Wildman–Crippen MR) is 92.6 cm³/mol. The van der Waals surface area contributed by atoms with Crippen LogP contribution in [0, 0.1) is 0 Å². The summed E-state index contributed by atoms with van der Waals surface area (Å²) in [4.78, 5) is 2.29. The zero-order chi connectivity index (χ0) is 16.8. The molecule has 0 rings (SSSR count). The van der Waals surface area contributed by atoms with Crippen LogP contribution in [0.4, 0.5) is 0 Å². The van der Waals surface area contributed by atoms with E-state index in [4.69, 9.17) is 14.2 Å². The molecule has 0 aliphatic rings. The molecule has 0 unspecified atom stereocenters. The van der Waals surface area contributed by atoms with Crippen LogP contribution in [0.2, 0.25) is 0 Å². The summed E-state index contributed by atoms with van der Waals surface area (Å²) in [5.41, 5.74) is 3.51. The summed E-state index contributed by atoms with van der Waals surface area (Å²) in [7, 11) is 0. The van der Waals surface area contributed by atoms with Crippen molar-refractivity contribution >= 4 is 0 Å². The van der Waals surface area contributed by atoms with Gasteiger partial charge in [-0.3, -0.25) is 4.90 Å². The molecule has 0 atom stereocenters. The second-order valence-electron chi connectivity index (χ2n) is 6.04. The average molecular weight is 311 g/mol. The lowest BCUT2D eigenvalue weighted by atomic mass is 10.4. The molecule has 0 N–H and O–H groups in total. The molecule has 0 aromatic heterocycles. The van der Waals surface area contributed by atoms with Crippen molar-refractivity contribution in [2.45, 2.75) is 41.5 Å². The molecule has 4 heteroatoms. The number of ether oxygens (including phenoxy) is 3. The molecule has 0 fully saturated rings. The van der Waals surface area contributed by atoms with E-state index in [2.05, 4.69) is 4.90 Å². The second kappa shape index (κ2) is 13.3. The van der Waals surface area contributed by atoms with Gasteiger partial charge in [-0.25, -0.2) is 0 Å². The number of nitrogens with zero attached hydrogens (tertiary/aromatic N) is 1. The molecule has 0 aliphatic carbocycles. The fourth-order valence-corrected chi connectivity index (χ4v) is 1.56. The van der Waals surface area contributed by atoms with Gasteiger partial charge in [0, 0.05) is 19.6 Å². The predicted octanol–water partition coefficient (Wildman–Crippen LogP) is 4.11. The lowest BCUT2D eigenvalue weighted by Gasteiger charge is -2.21. The van der Waals surface area contributed by atoms with E-state index in [-0.39, 0.29) is 0 Å². The summed E-state index contributed by atoms with van der Waals surface area (Å²) in [6.45, 7) is 16.8. The highest BCUT2D eigenvalue weighted by Gasteiger charge is 2.04. The highest BCUT2D eigenvalue weighted by atomic mass is 16.5. The molecule has 0 saturated carbocycles. The monoisotopic (exact) mass is 311 g/mol. The maximum absolute atomic E-state index is 5.51. The van der Waals surface area contributed by atoms with Crippen LogP contribution < -0.4 is 0 Å². The van der Waals surface area contributed by atoms with Gasteiger partial charge in [-0.2, -0.15) is 0 Å². The Morgan fingerprint density at radius 2 is 0.864 bits per heavy atom. The topological polar surface area (TPSA) is 30.9 Å². The van der Waals surface area contributed by atoms with Gasteiger partial charge in [-0.1, -0.05) is 0 Å². The van der Waals surface area contributed by atoms with Gasteiger partial charge in [0.25, 0.3) is 0 Å². The van der Waals surface area contributed by atoms with E-state index in [1.807, 2.05) is 41.5 Å². The van der Waals surface area contributed by atoms with Gasteiger partial charge in [0.05, 0.1) is 38.6 Å². The van der Waals surface area contributed by atoms with Crippen molar-refractivity contribution in [3.8, 4) is 0 Å². The lowest BCUT2D eigenvalue weighted by molar-refractivity contribution is 0.117. The Kier molecular flexibility index (Phi) is 12.4. The Hall–Kier alpha value is -1.42. The van der Waals surface area contributed by atoms with Crippen LogP contribution in [0.25, 0.3) is 0 Å². The minimum atomic E-state index is 0.677. The molecule has 0 radical (unpaired) electrons. The number of rotatable bonds is 12. The fraction of sp³-hybridized carbons (Fsp3) is 0.667. The zero-order valence-corrected chi connectivity index (χ0v) is 15.1. The van der Waals surface area contributed by atoms with Crippen molar-refractivity contribution in [1.82, 2.24) is 4.90 Å². The summed E-state index contributed by atoms with van der Waals surface area (Å²) >= 11 is 0. The molecule has 0 aliphatic heterocycles. The molecule has 128 valence electrons. The number of hydrogen-bond acceptors (Lipinski definition) is 4. The fourth-order valence-electron chi connectivity index (χ4n) is 1.56. The molecule has 0 amide bonds. The van der Waals surface area contributed by atoms with Crippen LogP contribution in [-0.4, -0.2) is 44.4 Å². The maximum atomic E-state index is 5.51. The van der Waals surface area contributed by atoms with E-state index >= 15 is 0 Å². The van der Waals surface area contributed by atoms with Gasteiger partial charge in [0.1, 0.15) is 0 Å². The molecule has 0 saturated heterocycles. The van der Waals surface area contributed by atoms with Gasteiger partial charge in [0.2, 0.25) is 0 Å². The third-order valence-corrected chi connectivity index (χ3v) is 2.53. The Balaban J connectivity index is 4.09. The minimum absolute atomic E-state index is 0.677. The van der Waals surface area contributed by atoms with Crippen LogP contribution >= 0.6 is 0 Å². The Bertz CT molecular complexity index is 303. The molecular formula is C18H33NO3. The maximum Gasteiger partial charge on any atom is 0.1000 e. The van der Waals surface area contributed by atoms with Crippen LogP contribution in [-0.2, 0) is 14.2 Å². The van der Waals surface area contributed by atoms with E-state index in [0.717, 1.165) is 19.6 Å². The van der Waals surface area contributed by atoms with Crippen molar-refractivity contribution in [2.75, 3.05) is 39.5 Å². The van der Waals surface area contributed by atoms with Gasteiger partial charge in [-0.15, -0.1) is 0 Å². The average Bonchev–Trinajstić information content (AvgIpc) is 2.42. The van der Waals surface area contributed by atoms with Crippen molar-refractivity contribution < 1.29 is 14.2 Å². The molecule has 0 bridgehead atoms. The van der Waals surface area contributed by atoms with E-state index in [1.165, 1.54) is 16.7 Å². The number of allylic oxidation sites excluding steroid dienone is 3. The summed E-state index contributed by atoms with van der Waals surface area (Å²) in [6, 6.07) is 0. The SMILES string of the molecule is CC(C)=COCCN(CCOC=C(C)C)CCOC=C(C)C. The van der Waals surface area contributed by atoms with Crippen molar-refractivity contribution in [2.24, 2.45) is 0 Å². The molecule has 22 heavy (non-hydrogen) atoms. The van der Waals surface area contributed by atoms with Gasteiger partial charge in [0.15, 0.2) is 0 Å². The van der Waals surface area contributed by atoms with Crippen LogP contribution in [0.1, 0.15) is 41.5 Å². The van der Waals surface area contributed by atoms with Crippen molar-refractivity contribution in [3.05, 3.63) is 35.5 Å². The molecule has 0 heterocycles. The summed E-state index contributed by atoms with van der Waals surface area (Å²) in [5.74, 6) is 0. The second-order valence-corrected chi connectivity index (χ2v) is 6.04. The molecule has 0 spiro atoms. The normalized spacial score (nSPS) is 9.95. The third-order valence-electron chi connectivity index (χ3n) is 2.53. The molecule has 0 aromatic carbocycles. The van der Waals surface area contributed by atoms with Crippen LogP contribution in [0.15, 0.2) is 35.5 Å². The van der Waals surface area contributed by atoms with Gasteiger partial charge in [-0.05, 0) is 58.3 Å². The number of hydrogen-bond donors (Lipinski definition) is 0. The summed E-state index contributed by atoms with van der Waals surface area (Å²) in [6.07, 6.45) is 5.41. The van der Waals surface area contributed by atoms with Crippen molar-refractivity contribution in [3.63, 3.8) is 0 Å². The van der Waals surface area contributed by atoms with E-state index in [0.29, 0.717) is 19.8 Å². The Morgan fingerprint density at radius 3 is 1.09 bits per heavy atom. The largest absolute Gasteiger partial charge is 0.500 e. The standard InChI is InChI=1S/C18H33NO3/c1-16(2)13-20-10-7-19(8-11-21-14-17(3)4)9-12-22-15-18(5)6/h13-15H,7-12H2,1-6H3. The van der Waals surface area contributed by atoms with Gasteiger partial charge >= 0.3 is 0 Å². The first-order valence-electron chi connectivity index (χ1n) is 7.89. The zero-order valence-electron chi connectivity index (χ0n) is 15.1. The van der Waals surface area contributed by atoms with Crippen LogP contribution in [0.3, 0.4) is 0 Å². The highest BCUT2D eigenvalue weighted by Crippen LogP contribution is 1.96. The molecule has 4 nitrogen and oxygen atoms in total. The summed E-state index contributed by atoms with van der Waals surface area (Å²) < 4.78 is 16.5. The smallest absolute Gasteiger partial charge is 0.1000 e. The first-order chi connectivity index (χ1) is 10.4. The highest BCUT2D eigenvalue weighted by molar-refractivity contribution is 4.87. The minimum Gasteiger partial charge on any atom is -0.500 e. The van der Waals surface area contributed by atoms with E-state index < -0.39 is 0 Å². The van der Waals surface area contributed by atoms with Gasteiger partial charge < -0.3 is 14.2 Å².